The normalized spacial score (nSPS) is 41.2. The van der Waals surface area contributed by atoms with E-state index in [9.17, 15) is 9.90 Å². The van der Waals surface area contributed by atoms with E-state index < -0.39 is 5.97 Å². The molecule has 0 aromatic heterocycles. The third kappa shape index (κ3) is 2.86. The lowest BCUT2D eigenvalue weighted by atomic mass is 9.76. The molecule has 3 fully saturated rings. The number of rotatable bonds is 3. The summed E-state index contributed by atoms with van der Waals surface area (Å²) >= 11 is 0. The zero-order valence-electron chi connectivity index (χ0n) is 13.6. The summed E-state index contributed by atoms with van der Waals surface area (Å²) in [7, 11) is 0. The van der Waals surface area contributed by atoms with Crippen molar-refractivity contribution in [2.75, 3.05) is 0 Å². The number of carbonyl (C=O) groups is 1. The van der Waals surface area contributed by atoms with Crippen LogP contribution in [0.25, 0.3) is 0 Å². The highest BCUT2D eigenvalue weighted by molar-refractivity contribution is 5.74. The molecule has 1 N–H and O–H groups in total. The van der Waals surface area contributed by atoms with Crippen molar-refractivity contribution in [2.24, 2.45) is 17.8 Å². The van der Waals surface area contributed by atoms with Crippen molar-refractivity contribution in [2.45, 2.75) is 89.8 Å². The van der Waals surface area contributed by atoms with Crippen molar-refractivity contribution in [1.29, 1.82) is 0 Å². The van der Waals surface area contributed by atoms with Crippen LogP contribution in [0.4, 0.5) is 0 Å². The monoisotopic (exact) mass is 293 g/mol. The molecule has 21 heavy (non-hydrogen) atoms. The van der Waals surface area contributed by atoms with Crippen molar-refractivity contribution in [3.63, 3.8) is 0 Å². The van der Waals surface area contributed by atoms with Gasteiger partial charge >= 0.3 is 5.97 Å². The summed E-state index contributed by atoms with van der Waals surface area (Å²) in [5.74, 6) is 1.45. The molecule has 120 valence electrons. The van der Waals surface area contributed by atoms with E-state index in [2.05, 4.69) is 18.7 Å². The third-order valence-electron chi connectivity index (χ3n) is 6.44. The first-order chi connectivity index (χ1) is 10.1. The van der Waals surface area contributed by atoms with Crippen molar-refractivity contribution in [3.8, 4) is 0 Å². The number of hydrogen-bond acceptors (Lipinski definition) is 2. The maximum Gasteiger partial charge on any atom is 0.320 e. The molecule has 3 rings (SSSR count). The first-order valence-corrected chi connectivity index (χ1v) is 9.10. The van der Waals surface area contributed by atoms with E-state index in [1.54, 1.807) is 0 Å². The molecule has 1 saturated heterocycles. The predicted octanol–water partition coefficient (Wildman–Crippen LogP) is 3.92. The number of carboxylic acids is 1. The Bertz CT molecular complexity index is 381. The fourth-order valence-electron chi connectivity index (χ4n) is 5.49. The minimum Gasteiger partial charge on any atom is -0.480 e. The molecule has 0 aromatic rings. The summed E-state index contributed by atoms with van der Waals surface area (Å²) in [6.45, 7) is 4.65. The highest BCUT2D eigenvalue weighted by Gasteiger charge is 2.49. The maximum atomic E-state index is 11.8. The molecule has 5 atom stereocenters. The van der Waals surface area contributed by atoms with Gasteiger partial charge in [0, 0.05) is 12.1 Å². The molecule has 5 unspecified atom stereocenters. The third-order valence-corrected chi connectivity index (χ3v) is 6.44. The van der Waals surface area contributed by atoms with Gasteiger partial charge in [-0.2, -0.15) is 0 Å². The van der Waals surface area contributed by atoms with E-state index in [1.807, 2.05) is 0 Å². The standard InChI is InChI=1S/C18H31NO2/c1-12(2)14-8-4-6-10-16(14)19-15-9-5-3-7-13(15)11-17(19)18(20)21/h12-17H,3-11H2,1-2H3,(H,20,21). The second kappa shape index (κ2) is 6.28. The Morgan fingerprint density at radius 2 is 1.62 bits per heavy atom. The van der Waals surface area contributed by atoms with Crippen LogP contribution < -0.4 is 0 Å². The van der Waals surface area contributed by atoms with Crippen LogP contribution in [-0.2, 0) is 4.79 Å². The average Bonchev–Trinajstić information content (AvgIpc) is 2.86. The fourth-order valence-corrected chi connectivity index (χ4v) is 5.49. The molecule has 2 saturated carbocycles. The molecule has 0 radical (unpaired) electrons. The van der Waals surface area contributed by atoms with Gasteiger partial charge in [0.1, 0.15) is 6.04 Å². The van der Waals surface area contributed by atoms with Crippen LogP contribution in [0.15, 0.2) is 0 Å². The first-order valence-electron chi connectivity index (χ1n) is 9.10. The molecule has 3 heteroatoms. The van der Waals surface area contributed by atoms with Gasteiger partial charge < -0.3 is 5.11 Å². The van der Waals surface area contributed by atoms with Gasteiger partial charge in [0.15, 0.2) is 0 Å². The molecule has 0 amide bonds. The zero-order valence-corrected chi connectivity index (χ0v) is 13.6. The lowest BCUT2D eigenvalue weighted by Gasteiger charge is -2.45. The van der Waals surface area contributed by atoms with Crippen LogP contribution >= 0.6 is 0 Å². The highest BCUT2D eigenvalue weighted by atomic mass is 16.4. The SMILES string of the molecule is CC(C)C1CCCCC1N1C(C(=O)O)CC2CCCCC21. The summed E-state index contributed by atoms with van der Waals surface area (Å²) in [6.07, 6.45) is 11.1. The quantitative estimate of drug-likeness (QED) is 0.857. The molecular formula is C18H31NO2. The molecule has 1 heterocycles. The van der Waals surface area contributed by atoms with Gasteiger partial charge in [0.2, 0.25) is 0 Å². The summed E-state index contributed by atoms with van der Waals surface area (Å²) in [5.41, 5.74) is 0. The van der Waals surface area contributed by atoms with Crippen molar-refractivity contribution in [3.05, 3.63) is 0 Å². The number of fused-ring (bicyclic) bond motifs is 1. The Morgan fingerprint density at radius 1 is 1.00 bits per heavy atom. The maximum absolute atomic E-state index is 11.8. The van der Waals surface area contributed by atoms with E-state index in [4.69, 9.17) is 0 Å². The largest absolute Gasteiger partial charge is 0.480 e. The predicted molar refractivity (Wildman–Crippen MR) is 84.2 cm³/mol. The molecule has 0 bridgehead atoms. The number of nitrogens with zero attached hydrogens (tertiary/aromatic N) is 1. The van der Waals surface area contributed by atoms with Gasteiger partial charge in [-0.3, -0.25) is 9.69 Å². The van der Waals surface area contributed by atoms with Crippen LogP contribution in [0.1, 0.15) is 71.6 Å². The second-order valence-corrected chi connectivity index (χ2v) is 7.91. The molecule has 3 aliphatic rings. The van der Waals surface area contributed by atoms with E-state index in [1.165, 1.54) is 51.4 Å². The Balaban J connectivity index is 1.86. The van der Waals surface area contributed by atoms with E-state index >= 15 is 0 Å². The zero-order chi connectivity index (χ0) is 15.0. The lowest BCUT2D eigenvalue weighted by Crippen LogP contribution is -2.53. The first kappa shape index (κ1) is 15.3. The molecular weight excluding hydrogens is 262 g/mol. The van der Waals surface area contributed by atoms with Crippen LogP contribution in [0.5, 0.6) is 0 Å². The van der Waals surface area contributed by atoms with Crippen LogP contribution in [-0.4, -0.2) is 34.1 Å². The summed E-state index contributed by atoms with van der Waals surface area (Å²) < 4.78 is 0. The van der Waals surface area contributed by atoms with Crippen molar-refractivity contribution >= 4 is 5.97 Å². The van der Waals surface area contributed by atoms with Crippen LogP contribution in [0, 0.1) is 17.8 Å². The van der Waals surface area contributed by atoms with Crippen molar-refractivity contribution < 1.29 is 9.90 Å². The van der Waals surface area contributed by atoms with Crippen LogP contribution in [0.3, 0.4) is 0 Å². The Kier molecular flexibility index (Phi) is 4.58. The van der Waals surface area contributed by atoms with Gasteiger partial charge in [-0.05, 0) is 49.9 Å². The number of hydrogen-bond donors (Lipinski definition) is 1. The number of likely N-dealkylation sites (tertiary alicyclic amines) is 1. The van der Waals surface area contributed by atoms with Gasteiger partial charge in [0.05, 0.1) is 0 Å². The lowest BCUT2D eigenvalue weighted by molar-refractivity contribution is -0.144. The fraction of sp³-hybridized carbons (Fsp3) is 0.944. The van der Waals surface area contributed by atoms with Gasteiger partial charge in [-0.25, -0.2) is 0 Å². The number of aliphatic carboxylic acids is 1. The smallest absolute Gasteiger partial charge is 0.320 e. The summed E-state index contributed by atoms with van der Waals surface area (Å²) in [4.78, 5) is 14.3. The Morgan fingerprint density at radius 3 is 2.29 bits per heavy atom. The number of carboxylic acid groups (broad SMARTS) is 1. The topological polar surface area (TPSA) is 40.5 Å². The van der Waals surface area contributed by atoms with Gasteiger partial charge in [0.25, 0.3) is 0 Å². The van der Waals surface area contributed by atoms with Crippen LogP contribution in [0.2, 0.25) is 0 Å². The van der Waals surface area contributed by atoms with Gasteiger partial charge in [-0.1, -0.05) is 39.5 Å². The van der Waals surface area contributed by atoms with Crippen molar-refractivity contribution in [1.82, 2.24) is 4.90 Å². The highest BCUT2D eigenvalue weighted by Crippen LogP contribution is 2.45. The molecule has 3 nitrogen and oxygen atoms in total. The average molecular weight is 293 g/mol. The van der Waals surface area contributed by atoms with E-state index in [0.717, 1.165) is 6.42 Å². The van der Waals surface area contributed by atoms with E-state index in [-0.39, 0.29) is 6.04 Å². The van der Waals surface area contributed by atoms with E-state index in [0.29, 0.717) is 29.8 Å². The Labute approximate surface area is 129 Å². The molecule has 1 aliphatic heterocycles. The molecule has 0 aromatic carbocycles. The van der Waals surface area contributed by atoms with Gasteiger partial charge in [-0.15, -0.1) is 0 Å². The molecule has 2 aliphatic carbocycles. The summed E-state index contributed by atoms with van der Waals surface area (Å²) in [5, 5.41) is 9.74. The minimum absolute atomic E-state index is 0.206. The minimum atomic E-state index is -0.572. The second-order valence-electron chi connectivity index (χ2n) is 7.91. The Hall–Kier alpha value is -0.570. The molecule has 0 spiro atoms. The summed E-state index contributed by atoms with van der Waals surface area (Å²) in [6, 6.07) is 0.875.